The van der Waals surface area contributed by atoms with Crippen molar-refractivity contribution in [1.82, 2.24) is 15.1 Å². The number of benzene rings is 1. The molecule has 26 heavy (non-hydrogen) atoms. The summed E-state index contributed by atoms with van der Waals surface area (Å²) in [6.07, 6.45) is 0. The van der Waals surface area contributed by atoms with Crippen LogP contribution >= 0.6 is 0 Å². The van der Waals surface area contributed by atoms with Crippen molar-refractivity contribution in [2.24, 2.45) is 5.41 Å². The molecule has 0 aromatic heterocycles. The molecule has 3 amide bonds. The van der Waals surface area contributed by atoms with Crippen LogP contribution in [0.3, 0.4) is 0 Å². The lowest BCUT2D eigenvalue weighted by molar-refractivity contribution is -0.134. The second-order valence-electron chi connectivity index (χ2n) is 7.53. The number of ether oxygens (including phenoxy) is 2. The molecule has 1 heterocycles. The summed E-state index contributed by atoms with van der Waals surface area (Å²) < 4.78 is 10.8. The zero-order chi connectivity index (χ0) is 19.2. The molecule has 1 aliphatic rings. The first-order valence-electron chi connectivity index (χ1n) is 8.86. The molecule has 0 atom stereocenters. The Bertz CT molecular complexity index is 619. The maximum Gasteiger partial charge on any atom is 0.317 e. The summed E-state index contributed by atoms with van der Waals surface area (Å²) in [6, 6.07) is 7.16. The van der Waals surface area contributed by atoms with Gasteiger partial charge in [-0.1, -0.05) is 32.9 Å². The second kappa shape index (κ2) is 8.78. The third-order valence-electron chi connectivity index (χ3n) is 4.11. The number of urea groups is 1. The third-order valence-corrected chi connectivity index (χ3v) is 4.11. The van der Waals surface area contributed by atoms with E-state index in [4.69, 9.17) is 9.47 Å². The minimum absolute atomic E-state index is 0.0449. The monoisotopic (exact) mass is 363 g/mol. The first-order chi connectivity index (χ1) is 12.3. The van der Waals surface area contributed by atoms with E-state index in [-0.39, 0.29) is 24.0 Å². The summed E-state index contributed by atoms with van der Waals surface area (Å²) in [5, 5.41) is 2.94. The van der Waals surface area contributed by atoms with Crippen molar-refractivity contribution in [2.75, 3.05) is 46.4 Å². The number of rotatable bonds is 5. The van der Waals surface area contributed by atoms with Gasteiger partial charge in [-0.2, -0.15) is 0 Å². The Morgan fingerprint density at radius 2 is 1.62 bits per heavy atom. The molecule has 1 N–H and O–H groups in total. The van der Waals surface area contributed by atoms with Gasteiger partial charge in [0.2, 0.25) is 0 Å². The number of hydrogen-bond donors (Lipinski definition) is 1. The van der Waals surface area contributed by atoms with Gasteiger partial charge in [0.25, 0.3) is 5.91 Å². The van der Waals surface area contributed by atoms with Gasteiger partial charge in [-0.3, -0.25) is 4.79 Å². The maximum absolute atomic E-state index is 12.3. The fourth-order valence-electron chi connectivity index (χ4n) is 2.58. The molecule has 2 rings (SSSR count). The number of nitrogens with zero attached hydrogens (tertiary/aromatic N) is 2. The van der Waals surface area contributed by atoms with Crippen LogP contribution in [-0.2, 0) is 4.79 Å². The highest BCUT2D eigenvalue weighted by atomic mass is 16.5. The smallest absolute Gasteiger partial charge is 0.317 e. The molecule has 7 heteroatoms. The first-order valence-corrected chi connectivity index (χ1v) is 8.86. The van der Waals surface area contributed by atoms with E-state index >= 15 is 0 Å². The fraction of sp³-hybridized carbons (Fsp3) is 0.579. The minimum Gasteiger partial charge on any atom is -0.493 e. The van der Waals surface area contributed by atoms with Crippen LogP contribution in [0.4, 0.5) is 4.79 Å². The van der Waals surface area contributed by atoms with Crippen molar-refractivity contribution in [3.05, 3.63) is 24.3 Å². The Kier molecular flexibility index (Phi) is 6.71. The molecule has 1 aromatic carbocycles. The van der Waals surface area contributed by atoms with E-state index in [0.717, 1.165) is 0 Å². The summed E-state index contributed by atoms with van der Waals surface area (Å²) in [4.78, 5) is 28.0. The topological polar surface area (TPSA) is 71.1 Å². The SMILES string of the molecule is COc1ccccc1OCC(=O)N1CCN(C(=O)NCC(C)(C)C)CC1. The highest BCUT2D eigenvalue weighted by molar-refractivity contribution is 5.79. The quantitative estimate of drug-likeness (QED) is 0.868. The lowest BCUT2D eigenvalue weighted by Gasteiger charge is -2.35. The molecule has 0 unspecified atom stereocenters. The van der Waals surface area contributed by atoms with E-state index < -0.39 is 0 Å². The number of hydrogen-bond acceptors (Lipinski definition) is 4. The van der Waals surface area contributed by atoms with Crippen molar-refractivity contribution in [3.63, 3.8) is 0 Å². The number of nitrogens with one attached hydrogen (secondary N) is 1. The molecular weight excluding hydrogens is 334 g/mol. The average molecular weight is 363 g/mol. The summed E-state index contributed by atoms with van der Waals surface area (Å²) in [7, 11) is 1.56. The molecular formula is C19H29N3O4. The average Bonchev–Trinajstić information content (AvgIpc) is 2.64. The standard InChI is InChI=1S/C19H29N3O4/c1-19(2,3)14-20-18(24)22-11-9-21(10-12-22)17(23)13-26-16-8-6-5-7-15(16)25-4/h5-8H,9-14H2,1-4H3,(H,20,24). The normalized spacial score (nSPS) is 14.8. The van der Waals surface area contributed by atoms with Crippen LogP contribution in [0.1, 0.15) is 20.8 Å². The Balaban J connectivity index is 1.76. The zero-order valence-electron chi connectivity index (χ0n) is 16.1. The van der Waals surface area contributed by atoms with Crippen LogP contribution in [0.2, 0.25) is 0 Å². The predicted molar refractivity (Wildman–Crippen MR) is 99.5 cm³/mol. The molecule has 1 fully saturated rings. The molecule has 0 aliphatic carbocycles. The summed E-state index contributed by atoms with van der Waals surface area (Å²) in [5.74, 6) is 1.05. The maximum atomic E-state index is 12.3. The number of amides is 3. The Hall–Kier alpha value is -2.44. The number of piperazine rings is 1. The summed E-state index contributed by atoms with van der Waals surface area (Å²) >= 11 is 0. The van der Waals surface area contributed by atoms with E-state index in [9.17, 15) is 9.59 Å². The lowest BCUT2D eigenvalue weighted by Crippen LogP contribution is -2.54. The number of carbonyl (C=O) groups is 2. The molecule has 0 bridgehead atoms. The van der Waals surface area contributed by atoms with Crippen LogP contribution < -0.4 is 14.8 Å². The number of carbonyl (C=O) groups excluding carboxylic acids is 2. The van der Waals surface area contributed by atoms with Gasteiger partial charge in [0.1, 0.15) is 0 Å². The van der Waals surface area contributed by atoms with Crippen molar-refractivity contribution in [3.8, 4) is 11.5 Å². The van der Waals surface area contributed by atoms with Crippen LogP contribution in [0, 0.1) is 5.41 Å². The second-order valence-corrected chi connectivity index (χ2v) is 7.53. The highest BCUT2D eigenvalue weighted by Crippen LogP contribution is 2.25. The molecule has 1 saturated heterocycles. The van der Waals surface area contributed by atoms with Gasteiger partial charge in [-0.25, -0.2) is 4.79 Å². The van der Waals surface area contributed by atoms with E-state index in [2.05, 4.69) is 26.1 Å². The minimum atomic E-state index is -0.0920. The van der Waals surface area contributed by atoms with Gasteiger partial charge < -0.3 is 24.6 Å². The van der Waals surface area contributed by atoms with E-state index in [1.165, 1.54) is 0 Å². The van der Waals surface area contributed by atoms with Gasteiger partial charge in [-0.05, 0) is 17.5 Å². The summed E-state index contributed by atoms with van der Waals surface area (Å²) in [6.45, 7) is 8.87. The van der Waals surface area contributed by atoms with Crippen LogP contribution in [-0.4, -0.2) is 68.2 Å². The van der Waals surface area contributed by atoms with Crippen LogP contribution in [0.15, 0.2) is 24.3 Å². The molecule has 0 radical (unpaired) electrons. The molecule has 1 aliphatic heterocycles. The molecule has 0 saturated carbocycles. The van der Waals surface area contributed by atoms with E-state index in [1.54, 1.807) is 29.0 Å². The zero-order valence-corrected chi connectivity index (χ0v) is 16.1. The molecule has 1 aromatic rings. The van der Waals surface area contributed by atoms with Gasteiger partial charge >= 0.3 is 6.03 Å². The lowest BCUT2D eigenvalue weighted by atomic mass is 9.97. The van der Waals surface area contributed by atoms with E-state index in [1.807, 2.05) is 12.1 Å². The van der Waals surface area contributed by atoms with Crippen molar-refractivity contribution < 1.29 is 19.1 Å². The van der Waals surface area contributed by atoms with Crippen LogP contribution in [0.25, 0.3) is 0 Å². The molecule has 7 nitrogen and oxygen atoms in total. The fourth-order valence-corrected chi connectivity index (χ4v) is 2.58. The van der Waals surface area contributed by atoms with Crippen LogP contribution in [0.5, 0.6) is 11.5 Å². The van der Waals surface area contributed by atoms with E-state index in [0.29, 0.717) is 44.2 Å². The Morgan fingerprint density at radius 3 is 2.19 bits per heavy atom. The summed E-state index contributed by atoms with van der Waals surface area (Å²) in [5.41, 5.74) is 0.0449. The van der Waals surface area contributed by atoms with Crippen molar-refractivity contribution >= 4 is 11.9 Å². The van der Waals surface area contributed by atoms with Crippen molar-refractivity contribution in [1.29, 1.82) is 0 Å². The van der Waals surface area contributed by atoms with Gasteiger partial charge in [-0.15, -0.1) is 0 Å². The molecule has 0 spiro atoms. The first kappa shape index (κ1) is 19.9. The van der Waals surface area contributed by atoms with Crippen molar-refractivity contribution in [2.45, 2.75) is 20.8 Å². The van der Waals surface area contributed by atoms with Gasteiger partial charge in [0.15, 0.2) is 18.1 Å². The predicted octanol–water partition coefficient (Wildman–Crippen LogP) is 1.97. The Morgan fingerprint density at radius 1 is 1.04 bits per heavy atom. The highest BCUT2D eigenvalue weighted by Gasteiger charge is 2.25. The van der Waals surface area contributed by atoms with Gasteiger partial charge in [0.05, 0.1) is 7.11 Å². The Labute approximate surface area is 155 Å². The molecule has 144 valence electrons. The van der Waals surface area contributed by atoms with Gasteiger partial charge in [0, 0.05) is 32.7 Å². The number of para-hydroxylation sites is 2. The largest absolute Gasteiger partial charge is 0.493 e. The number of methoxy groups -OCH3 is 1. The third kappa shape index (κ3) is 5.82.